The number of aliphatic carboxylic acids is 1. The van der Waals surface area contributed by atoms with E-state index in [1.807, 2.05) is 0 Å². The number of aryl methyl sites for hydroxylation is 1. The molecule has 7 heteroatoms. The number of aromatic nitrogens is 1. The molecule has 0 aliphatic carbocycles. The van der Waals surface area contributed by atoms with Crippen LogP contribution in [0.4, 0.5) is 14.5 Å². The first kappa shape index (κ1) is 14.4. The standard InChI is InChI=1S/C13H12F2N2O2S/c1-7(12(18)19)8-5-9(14)11(10(15)6-8)16-13-17(2)3-4-20-13/h3-7H,1-2H3,(H,18,19)/b16-13-. The lowest BCUT2D eigenvalue weighted by Crippen LogP contribution is -2.10. The van der Waals surface area contributed by atoms with Crippen LogP contribution in [-0.2, 0) is 11.8 Å². The molecule has 1 N–H and O–H groups in total. The minimum Gasteiger partial charge on any atom is -0.481 e. The predicted octanol–water partition coefficient (Wildman–Crippen LogP) is 2.79. The monoisotopic (exact) mass is 298 g/mol. The molecule has 0 aliphatic rings. The Morgan fingerprint density at radius 1 is 1.40 bits per heavy atom. The zero-order valence-electron chi connectivity index (χ0n) is 10.8. The maximum atomic E-state index is 13.9. The Hall–Kier alpha value is -2.02. The Balaban J connectivity index is 2.53. The van der Waals surface area contributed by atoms with E-state index in [2.05, 4.69) is 4.99 Å². The molecule has 106 valence electrons. The summed E-state index contributed by atoms with van der Waals surface area (Å²) in [5.41, 5.74) is -0.341. The van der Waals surface area contributed by atoms with Gasteiger partial charge in [0.2, 0.25) is 0 Å². The van der Waals surface area contributed by atoms with Crippen molar-refractivity contribution in [3.05, 3.63) is 45.7 Å². The molecule has 0 bridgehead atoms. The summed E-state index contributed by atoms with van der Waals surface area (Å²) >= 11 is 1.25. The summed E-state index contributed by atoms with van der Waals surface area (Å²) in [6.45, 7) is 1.37. The first-order valence-corrected chi connectivity index (χ1v) is 6.64. The van der Waals surface area contributed by atoms with E-state index < -0.39 is 29.2 Å². The van der Waals surface area contributed by atoms with E-state index in [1.165, 1.54) is 18.3 Å². The summed E-state index contributed by atoms with van der Waals surface area (Å²) in [5.74, 6) is -3.87. The van der Waals surface area contributed by atoms with Gasteiger partial charge in [0, 0.05) is 18.6 Å². The highest BCUT2D eigenvalue weighted by Crippen LogP contribution is 2.27. The molecule has 1 unspecified atom stereocenters. The van der Waals surface area contributed by atoms with Crippen LogP contribution in [0, 0.1) is 11.6 Å². The van der Waals surface area contributed by atoms with Crippen molar-refractivity contribution in [1.29, 1.82) is 0 Å². The number of benzene rings is 1. The fourth-order valence-electron chi connectivity index (χ4n) is 1.61. The number of hydrogen-bond donors (Lipinski definition) is 1. The van der Waals surface area contributed by atoms with Gasteiger partial charge in [-0.25, -0.2) is 13.8 Å². The molecule has 2 aromatic rings. The van der Waals surface area contributed by atoms with Gasteiger partial charge < -0.3 is 9.67 Å². The number of halogens is 2. The molecular weight excluding hydrogens is 286 g/mol. The van der Waals surface area contributed by atoms with Crippen molar-refractivity contribution in [3.8, 4) is 0 Å². The van der Waals surface area contributed by atoms with Crippen LogP contribution in [0.2, 0.25) is 0 Å². The fourth-order valence-corrected chi connectivity index (χ4v) is 2.35. The quantitative estimate of drug-likeness (QED) is 0.947. The SMILES string of the molecule is CC(C(=O)O)c1cc(F)c(/N=c2\sccn2C)c(F)c1. The number of hydrogen-bond acceptors (Lipinski definition) is 3. The molecule has 1 aromatic carbocycles. The van der Waals surface area contributed by atoms with Gasteiger partial charge in [-0.2, -0.15) is 0 Å². The van der Waals surface area contributed by atoms with Crippen molar-refractivity contribution in [3.63, 3.8) is 0 Å². The maximum absolute atomic E-state index is 13.9. The predicted molar refractivity (Wildman–Crippen MR) is 70.9 cm³/mol. The van der Waals surface area contributed by atoms with Crippen LogP contribution in [0.1, 0.15) is 18.4 Å². The van der Waals surface area contributed by atoms with E-state index in [0.717, 1.165) is 12.1 Å². The fraction of sp³-hybridized carbons (Fsp3) is 0.231. The average Bonchev–Trinajstić information content (AvgIpc) is 2.78. The van der Waals surface area contributed by atoms with E-state index in [9.17, 15) is 13.6 Å². The summed E-state index contributed by atoms with van der Waals surface area (Å²) in [4.78, 5) is 15.2. The summed E-state index contributed by atoms with van der Waals surface area (Å²) in [6, 6.07) is 2.02. The Bertz CT molecular complexity index is 698. The second-order valence-corrected chi connectivity index (χ2v) is 5.17. The Labute approximate surface area is 117 Å². The lowest BCUT2D eigenvalue weighted by atomic mass is 10.0. The largest absolute Gasteiger partial charge is 0.481 e. The minimum atomic E-state index is -1.14. The number of carboxylic acids is 1. The minimum absolute atomic E-state index is 0.0713. The van der Waals surface area contributed by atoms with E-state index in [0.29, 0.717) is 4.80 Å². The molecule has 0 radical (unpaired) electrons. The highest BCUT2D eigenvalue weighted by Gasteiger charge is 2.18. The Morgan fingerprint density at radius 3 is 2.45 bits per heavy atom. The van der Waals surface area contributed by atoms with Gasteiger partial charge in [-0.05, 0) is 24.6 Å². The highest BCUT2D eigenvalue weighted by atomic mass is 32.1. The zero-order chi connectivity index (χ0) is 14.9. The van der Waals surface area contributed by atoms with Crippen molar-refractivity contribution >= 4 is 23.0 Å². The van der Waals surface area contributed by atoms with Crippen molar-refractivity contribution in [2.45, 2.75) is 12.8 Å². The molecule has 0 saturated heterocycles. The molecule has 0 amide bonds. The second-order valence-electron chi connectivity index (χ2n) is 4.30. The molecule has 2 rings (SSSR count). The molecule has 0 saturated carbocycles. The van der Waals surface area contributed by atoms with E-state index in [4.69, 9.17) is 5.11 Å². The Kier molecular flexibility index (Phi) is 3.99. The second kappa shape index (κ2) is 5.54. The van der Waals surface area contributed by atoms with E-state index in [-0.39, 0.29) is 5.56 Å². The van der Waals surface area contributed by atoms with Gasteiger partial charge in [0.1, 0.15) is 5.69 Å². The van der Waals surface area contributed by atoms with Crippen LogP contribution in [0.5, 0.6) is 0 Å². The smallest absolute Gasteiger partial charge is 0.310 e. The van der Waals surface area contributed by atoms with Gasteiger partial charge in [0.15, 0.2) is 16.4 Å². The molecule has 20 heavy (non-hydrogen) atoms. The van der Waals surface area contributed by atoms with Crippen LogP contribution in [-0.4, -0.2) is 15.6 Å². The van der Waals surface area contributed by atoms with E-state index in [1.54, 1.807) is 23.2 Å². The highest BCUT2D eigenvalue weighted by molar-refractivity contribution is 7.07. The summed E-state index contributed by atoms with van der Waals surface area (Å²) in [7, 11) is 1.71. The molecule has 0 spiro atoms. The third-order valence-corrected chi connectivity index (χ3v) is 3.72. The third-order valence-electron chi connectivity index (χ3n) is 2.88. The Morgan fingerprint density at radius 2 is 2.00 bits per heavy atom. The first-order chi connectivity index (χ1) is 9.40. The lowest BCUT2D eigenvalue weighted by molar-refractivity contribution is -0.138. The molecule has 0 fully saturated rings. The van der Waals surface area contributed by atoms with E-state index >= 15 is 0 Å². The topological polar surface area (TPSA) is 54.6 Å². The van der Waals surface area contributed by atoms with Crippen molar-refractivity contribution < 1.29 is 18.7 Å². The number of rotatable bonds is 3. The summed E-state index contributed by atoms with van der Waals surface area (Å²) < 4.78 is 29.5. The van der Waals surface area contributed by atoms with Gasteiger partial charge in [-0.3, -0.25) is 4.79 Å². The summed E-state index contributed by atoms with van der Waals surface area (Å²) in [6.07, 6.45) is 1.72. The van der Waals surface area contributed by atoms with Crippen LogP contribution in [0.25, 0.3) is 0 Å². The number of carboxylic acid groups (broad SMARTS) is 1. The van der Waals surface area contributed by atoms with Crippen LogP contribution >= 0.6 is 11.3 Å². The molecule has 0 aliphatic heterocycles. The number of thiazole rings is 1. The van der Waals surface area contributed by atoms with Crippen LogP contribution in [0.15, 0.2) is 28.7 Å². The normalized spacial score (nSPS) is 13.5. The third kappa shape index (κ3) is 2.77. The molecule has 1 aromatic heterocycles. The van der Waals surface area contributed by atoms with Gasteiger partial charge in [0.25, 0.3) is 0 Å². The molecular formula is C13H12F2N2O2S. The van der Waals surface area contributed by atoms with Crippen LogP contribution in [0.3, 0.4) is 0 Å². The van der Waals surface area contributed by atoms with Gasteiger partial charge >= 0.3 is 5.97 Å². The zero-order valence-corrected chi connectivity index (χ0v) is 11.6. The van der Waals surface area contributed by atoms with Gasteiger partial charge in [0.05, 0.1) is 5.92 Å². The van der Waals surface area contributed by atoms with Crippen molar-refractivity contribution in [1.82, 2.24) is 4.57 Å². The average molecular weight is 298 g/mol. The number of nitrogens with zero attached hydrogens (tertiary/aromatic N) is 2. The van der Waals surface area contributed by atoms with Crippen molar-refractivity contribution in [2.24, 2.45) is 12.0 Å². The van der Waals surface area contributed by atoms with Gasteiger partial charge in [-0.1, -0.05) is 0 Å². The maximum Gasteiger partial charge on any atom is 0.310 e. The molecule has 1 heterocycles. The summed E-state index contributed by atoms with van der Waals surface area (Å²) in [5, 5.41) is 10.6. The first-order valence-electron chi connectivity index (χ1n) is 5.76. The van der Waals surface area contributed by atoms with Gasteiger partial charge in [-0.15, -0.1) is 11.3 Å². The molecule has 1 atom stereocenters. The molecule has 4 nitrogen and oxygen atoms in total. The van der Waals surface area contributed by atoms with Crippen LogP contribution < -0.4 is 4.80 Å². The lowest BCUT2D eigenvalue weighted by Gasteiger charge is -2.08. The number of carbonyl (C=O) groups is 1. The van der Waals surface area contributed by atoms with Crippen molar-refractivity contribution in [2.75, 3.05) is 0 Å².